The molecule has 1 rings (SSSR count). The van der Waals surface area contributed by atoms with Crippen molar-refractivity contribution in [3.8, 4) is 0 Å². The summed E-state index contributed by atoms with van der Waals surface area (Å²) in [7, 11) is 0. The van der Waals surface area contributed by atoms with Crippen LogP contribution in [0.3, 0.4) is 0 Å². The predicted molar refractivity (Wildman–Crippen MR) is 26.9 cm³/mol. The topological polar surface area (TPSA) is 46.2 Å². The molecule has 1 fully saturated rings. The molecule has 0 unspecified atom stereocenters. The Morgan fingerprint density at radius 1 is 1.50 bits per heavy atom. The van der Waals surface area contributed by atoms with Crippen molar-refractivity contribution in [2.75, 3.05) is 6.54 Å². The summed E-state index contributed by atoms with van der Waals surface area (Å²) in [4.78, 5) is 20.7. The largest absolute Gasteiger partial charge is 0.349 e. The highest BCUT2D eigenvalue weighted by molar-refractivity contribution is 5.98. The van der Waals surface area contributed by atoms with Crippen molar-refractivity contribution in [1.82, 2.24) is 5.32 Å². The molecule has 3 nitrogen and oxygen atoms in total. The Labute approximate surface area is 47.1 Å². The zero-order chi connectivity index (χ0) is 5.98. The van der Waals surface area contributed by atoms with Gasteiger partial charge >= 0.3 is 0 Å². The number of hydrogen-bond acceptors (Lipinski definition) is 2. The summed E-state index contributed by atoms with van der Waals surface area (Å²) in [5.74, 6) is -0.0609. The molecule has 0 aromatic carbocycles. The van der Waals surface area contributed by atoms with Gasteiger partial charge in [-0.05, 0) is 0 Å². The van der Waals surface area contributed by atoms with Crippen LogP contribution in [0.4, 0.5) is 0 Å². The van der Waals surface area contributed by atoms with Gasteiger partial charge in [0.15, 0.2) is 5.78 Å². The van der Waals surface area contributed by atoms with Gasteiger partial charge in [-0.2, -0.15) is 0 Å². The zero-order valence-electron chi connectivity index (χ0n) is 4.31. The van der Waals surface area contributed by atoms with Gasteiger partial charge in [-0.1, -0.05) is 0 Å². The molecule has 1 heterocycles. The fourth-order valence-corrected chi connectivity index (χ4v) is 0.537. The van der Waals surface area contributed by atoms with E-state index in [-0.39, 0.29) is 18.2 Å². The van der Waals surface area contributed by atoms with Crippen LogP contribution in [-0.4, -0.2) is 18.2 Å². The van der Waals surface area contributed by atoms with Crippen LogP contribution in [0, 0.1) is 6.42 Å². The molecule has 0 atom stereocenters. The van der Waals surface area contributed by atoms with Crippen LogP contribution in [0.2, 0.25) is 0 Å². The summed E-state index contributed by atoms with van der Waals surface area (Å²) >= 11 is 0. The van der Waals surface area contributed by atoms with Crippen LogP contribution in [0.1, 0.15) is 6.42 Å². The summed E-state index contributed by atoms with van der Waals surface area (Å²) in [5, 5.41) is 2.39. The van der Waals surface area contributed by atoms with Crippen molar-refractivity contribution in [3.63, 3.8) is 0 Å². The third kappa shape index (κ3) is 1.05. The predicted octanol–water partition coefficient (Wildman–Crippen LogP) is -0.720. The number of ketones is 1. The smallest absolute Gasteiger partial charge is 0.224 e. The minimum Gasteiger partial charge on any atom is -0.349 e. The van der Waals surface area contributed by atoms with Gasteiger partial charge in [0.05, 0.1) is 13.0 Å². The van der Waals surface area contributed by atoms with Gasteiger partial charge in [-0.3, -0.25) is 9.59 Å². The molecule has 1 N–H and O–H groups in total. The molecule has 1 radical (unpaired) electrons. The number of nitrogens with one attached hydrogen (secondary N) is 1. The van der Waals surface area contributed by atoms with Crippen LogP contribution >= 0.6 is 0 Å². The van der Waals surface area contributed by atoms with Crippen molar-refractivity contribution in [2.24, 2.45) is 0 Å². The van der Waals surface area contributed by atoms with E-state index in [0.717, 1.165) is 0 Å². The molecule has 0 bridgehead atoms. The van der Waals surface area contributed by atoms with Gasteiger partial charge in [0.1, 0.15) is 0 Å². The van der Waals surface area contributed by atoms with E-state index in [4.69, 9.17) is 0 Å². The number of amides is 1. The molecule has 0 spiro atoms. The van der Waals surface area contributed by atoms with Gasteiger partial charge in [-0.15, -0.1) is 0 Å². The number of Topliss-reactive ketones (excluding diaryl/α,β-unsaturated/α-hetero) is 1. The maximum Gasteiger partial charge on any atom is 0.224 e. The molecule has 8 heavy (non-hydrogen) atoms. The second kappa shape index (κ2) is 1.94. The minimum atomic E-state index is -0.135. The van der Waals surface area contributed by atoms with Gasteiger partial charge in [0, 0.05) is 6.42 Å². The molecule has 1 aliphatic heterocycles. The van der Waals surface area contributed by atoms with E-state index in [2.05, 4.69) is 5.32 Å². The maximum absolute atomic E-state index is 10.4. The van der Waals surface area contributed by atoms with E-state index in [1.54, 1.807) is 0 Å². The summed E-state index contributed by atoms with van der Waals surface area (Å²) in [6.07, 6.45) is 1.65. The third-order valence-corrected chi connectivity index (χ3v) is 0.975. The van der Waals surface area contributed by atoms with Crippen LogP contribution in [0.5, 0.6) is 0 Å². The lowest BCUT2D eigenvalue weighted by Gasteiger charge is -2.07. The number of carbonyl (C=O) groups is 2. The Hall–Kier alpha value is -0.860. The fourth-order valence-electron chi connectivity index (χ4n) is 0.537. The first-order chi connectivity index (χ1) is 3.79. The molecule has 1 amide bonds. The van der Waals surface area contributed by atoms with E-state index < -0.39 is 0 Å². The van der Waals surface area contributed by atoms with E-state index in [0.29, 0.717) is 6.42 Å². The average Bonchev–Trinajstić information content (AvgIpc) is 1.77. The van der Waals surface area contributed by atoms with Crippen LogP contribution < -0.4 is 5.32 Å². The van der Waals surface area contributed by atoms with Gasteiger partial charge < -0.3 is 5.32 Å². The molecule has 1 aliphatic rings. The highest BCUT2D eigenvalue weighted by atomic mass is 16.2. The van der Waals surface area contributed by atoms with E-state index in [1.165, 1.54) is 6.42 Å². The van der Waals surface area contributed by atoms with Gasteiger partial charge in [0.2, 0.25) is 5.91 Å². The van der Waals surface area contributed by atoms with Gasteiger partial charge in [-0.25, -0.2) is 0 Å². The lowest BCUT2D eigenvalue weighted by Crippen LogP contribution is -2.35. The van der Waals surface area contributed by atoms with E-state index in [9.17, 15) is 9.59 Å². The summed E-state index contributed by atoms with van der Waals surface area (Å²) in [6, 6.07) is 0. The molecule has 0 aliphatic carbocycles. The molecule has 0 aromatic heterocycles. The van der Waals surface area contributed by atoms with Crippen LogP contribution in [-0.2, 0) is 9.59 Å². The van der Waals surface area contributed by atoms with Crippen molar-refractivity contribution < 1.29 is 9.59 Å². The molecule has 0 aromatic rings. The highest BCUT2D eigenvalue weighted by Crippen LogP contribution is 1.93. The minimum absolute atomic E-state index is 0.0737. The molecule has 0 saturated carbocycles. The Kier molecular flexibility index (Phi) is 1.28. The first-order valence-corrected chi connectivity index (χ1v) is 2.42. The lowest BCUT2D eigenvalue weighted by molar-refractivity contribution is -0.126. The standard InChI is InChI=1S/C5H6NO2/c7-4-1-2-5(8)6-3-4/h2H,1,3H2,(H,6,8). The molecular weight excluding hydrogens is 106 g/mol. The number of rotatable bonds is 0. The van der Waals surface area contributed by atoms with Crippen LogP contribution in [0.15, 0.2) is 0 Å². The number of carbonyl (C=O) groups excluding carboxylic acids is 2. The second-order valence-electron chi connectivity index (χ2n) is 1.66. The number of hydrogen-bond donors (Lipinski definition) is 1. The van der Waals surface area contributed by atoms with Gasteiger partial charge in [0.25, 0.3) is 0 Å². The normalized spacial score (nSPS) is 20.5. The van der Waals surface area contributed by atoms with Crippen molar-refractivity contribution in [1.29, 1.82) is 0 Å². The van der Waals surface area contributed by atoms with Crippen LogP contribution in [0.25, 0.3) is 0 Å². The third-order valence-electron chi connectivity index (χ3n) is 0.975. The monoisotopic (exact) mass is 112 g/mol. The highest BCUT2D eigenvalue weighted by Gasteiger charge is 2.13. The lowest BCUT2D eigenvalue weighted by atomic mass is 10.1. The zero-order valence-corrected chi connectivity index (χ0v) is 4.31. The Bertz CT molecular complexity index is 102. The first kappa shape index (κ1) is 5.28. The Morgan fingerprint density at radius 3 is 2.62 bits per heavy atom. The summed E-state index contributed by atoms with van der Waals surface area (Å²) < 4.78 is 0. The fraction of sp³-hybridized carbons (Fsp3) is 0.400. The van der Waals surface area contributed by atoms with E-state index in [1.807, 2.05) is 0 Å². The van der Waals surface area contributed by atoms with Crippen molar-refractivity contribution in [3.05, 3.63) is 6.42 Å². The van der Waals surface area contributed by atoms with Crippen molar-refractivity contribution in [2.45, 2.75) is 6.42 Å². The molecule has 1 saturated heterocycles. The Balaban J connectivity index is 2.40. The first-order valence-electron chi connectivity index (χ1n) is 2.42. The van der Waals surface area contributed by atoms with E-state index >= 15 is 0 Å². The van der Waals surface area contributed by atoms with Crippen molar-refractivity contribution >= 4 is 11.7 Å². The molecule has 3 heteroatoms. The Morgan fingerprint density at radius 2 is 2.25 bits per heavy atom. The average molecular weight is 112 g/mol. The molecular formula is C5H6NO2. The SMILES string of the molecule is O=C1C[CH]C(=O)NC1. The number of piperidine rings is 1. The maximum atomic E-state index is 10.4. The quantitative estimate of drug-likeness (QED) is 0.449. The summed E-state index contributed by atoms with van der Waals surface area (Å²) in [6.45, 7) is 0.204. The summed E-state index contributed by atoms with van der Waals surface area (Å²) in [5.41, 5.74) is 0. The molecule has 43 valence electrons. The second-order valence-corrected chi connectivity index (χ2v) is 1.66.